The van der Waals surface area contributed by atoms with Gasteiger partial charge in [-0.05, 0) is 54.4 Å². The Morgan fingerprint density at radius 2 is 1.66 bits per heavy atom. The fourth-order valence-electron chi connectivity index (χ4n) is 3.29. The molecule has 0 aliphatic carbocycles. The van der Waals surface area contributed by atoms with E-state index in [-0.39, 0.29) is 11.9 Å². The van der Waals surface area contributed by atoms with Crippen LogP contribution in [0.5, 0.6) is 17.2 Å². The minimum atomic E-state index is -0.588. The first-order chi connectivity index (χ1) is 14.0. The van der Waals surface area contributed by atoms with Gasteiger partial charge in [-0.15, -0.1) is 0 Å². The molecule has 0 fully saturated rings. The molecule has 0 bridgehead atoms. The Kier molecular flexibility index (Phi) is 6.60. The van der Waals surface area contributed by atoms with Crippen molar-refractivity contribution in [3.8, 4) is 17.2 Å². The standard InChI is InChI=1S/C24H27NO4/c1-5-22(29-20-11-10-17-8-6-7-9-18(17)14-20)24(26)25-16(2)21-15-19(27-3)12-13-23(21)28-4/h6-16,22H,5H2,1-4H3,(H,25,26). The summed E-state index contributed by atoms with van der Waals surface area (Å²) in [4.78, 5) is 12.9. The molecule has 1 amide bonds. The lowest BCUT2D eigenvalue weighted by molar-refractivity contribution is -0.128. The summed E-state index contributed by atoms with van der Waals surface area (Å²) < 4.78 is 16.7. The van der Waals surface area contributed by atoms with Crippen molar-refractivity contribution in [2.45, 2.75) is 32.4 Å². The molecule has 0 saturated carbocycles. The molecule has 29 heavy (non-hydrogen) atoms. The van der Waals surface area contributed by atoms with E-state index >= 15 is 0 Å². The van der Waals surface area contributed by atoms with Crippen LogP contribution < -0.4 is 19.5 Å². The maximum absolute atomic E-state index is 12.9. The first kappa shape index (κ1) is 20.5. The van der Waals surface area contributed by atoms with E-state index in [1.165, 1.54) is 0 Å². The fraction of sp³-hybridized carbons (Fsp3) is 0.292. The molecule has 1 N–H and O–H groups in total. The number of ether oxygens (including phenoxy) is 3. The van der Waals surface area contributed by atoms with E-state index in [0.717, 1.165) is 16.3 Å². The van der Waals surface area contributed by atoms with Crippen molar-refractivity contribution < 1.29 is 19.0 Å². The molecule has 3 aromatic rings. The zero-order valence-electron chi connectivity index (χ0n) is 17.3. The van der Waals surface area contributed by atoms with Crippen LogP contribution in [0.25, 0.3) is 10.8 Å². The quantitative estimate of drug-likeness (QED) is 0.592. The predicted octanol–water partition coefficient (Wildman–Crippen LogP) is 4.89. The number of nitrogens with one attached hydrogen (secondary N) is 1. The number of methoxy groups -OCH3 is 2. The average Bonchev–Trinajstić information content (AvgIpc) is 2.76. The summed E-state index contributed by atoms with van der Waals surface area (Å²) in [5.41, 5.74) is 0.848. The largest absolute Gasteiger partial charge is 0.497 e. The molecule has 0 aliphatic rings. The van der Waals surface area contributed by atoms with Gasteiger partial charge < -0.3 is 19.5 Å². The van der Waals surface area contributed by atoms with Crippen LogP contribution in [-0.4, -0.2) is 26.2 Å². The van der Waals surface area contributed by atoms with Crippen LogP contribution >= 0.6 is 0 Å². The molecule has 152 valence electrons. The number of fused-ring (bicyclic) bond motifs is 1. The van der Waals surface area contributed by atoms with Gasteiger partial charge in [-0.3, -0.25) is 4.79 Å². The lowest BCUT2D eigenvalue weighted by Crippen LogP contribution is -2.39. The molecule has 0 heterocycles. The maximum Gasteiger partial charge on any atom is 0.261 e. The van der Waals surface area contributed by atoms with E-state index in [1.54, 1.807) is 14.2 Å². The Hall–Kier alpha value is -3.21. The van der Waals surface area contributed by atoms with Gasteiger partial charge >= 0.3 is 0 Å². The molecular formula is C24H27NO4. The third-order valence-corrected chi connectivity index (χ3v) is 4.92. The Balaban J connectivity index is 1.73. The first-order valence-corrected chi connectivity index (χ1v) is 9.73. The molecule has 5 nitrogen and oxygen atoms in total. The summed E-state index contributed by atoms with van der Waals surface area (Å²) >= 11 is 0. The highest BCUT2D eigenvalue weighted by Gasteiger charge is 2.22. The summed E-state index contributed by atoms with van der Waals surface area (Å²) in [7, 11) is 3.22. The van der Waals surface area contributed by atoms with Gasteiger partial charge in [-0.25, -0.2) is 0 Å². The minimum Gasteiger partial charge on any atom is -0.497 e. The van der Waals surface area contributed by atoms with Crippen LogP contribution in [-0.2, 0) is 4.79 Å². The van der Waals surface area contributed by atoms with Crippen molar-refractivity contribution in [2.24, 2.45) is 0 Å². The van der Waals surface area contributed by atoms with Gasteiger partial charge in [-0.1, -0.05) is 37.3 Å². The zero-order valence-corrected chi connectivity index (χ0v) is 17.3. The number of carbonyl (C=O) groups excluding carboxylic acids is 1. The van der Waals surface area contributed by atoms with Crippen LogP contribution in [0, 0.1) is 0 Å². The van der Waals surface area contributed by atoms with Gasteiger partial charge in [0, 0.05) is 5.56 Å². The molecule has 0 aromatic heterocycles. The number of rotatable bonds is 8. The SMILES string of the molecule is CCC(Oc1ccc2ccccc2c1)C(=O)NC(C)c1cc(OC)ccc1OC. The number of hydrogen-bond acceptors (Lipinski definition) is 4. The number of benzene rings is 3. The summed E-state index contributed by atoms with van der Waals surface area (Å²) in [5, 5.41) is 5.24. The highest BCUT2D eigenvalue weighted by molar-refractivity contribution is 5.84. The number of amides is 1. The Labute approximate surface area is 171 Å². The van der Waals surface area contributed by atoms with Crippen molar-refractivity contribution in [3.05, 3.63) is 66.2 Å². The van der Waals surface area contributed by atoms with Crippen LogP contribution in [0.4, 0.5) is 0 Å². The van der Waals surface area contributed by atoms with Gasteiger partial charge in [0.25, 0.3) is 5.91 Å². The van der Waals surface area contributed by atoms with E-state index in [9.17, 15) is 4.79 Å². The normalized spacial score (nSPS) is 12.8. The van der Waals surface area contributed by atoms with Gasteiger partial charge in [0.2, 0.25) is 0 Å². The summed E-state index contributed by atoms with van der Waals surface area (Å²) in [5.74, 6) is 1.92. The molecule has 0 spiro atoms. The second-order valence-electron chi connectivity index (χ2n) is 6.86. The minimum absolute atomic E-state index is 0.168. The van der Waals surface area contributed by atoms with E-state index in [0.29, 0.717) is 23.7 Å². The van der Waals surface area contributed by atoms with E-state index in [1.807, 2.05) is 74.5 Å². The van der Waals surface area contributed by atoms with E-state index < -0.39 is 6.10 Å². The molecular weight excluding hydrogens is 366 g/mol. The molecule has 0 radical (unpaired) electrons. The third kappa shape index (κ3) is 4.80. The van der Waals surface area contributed by atoms with E-state index in [4.69, 9.17) is 14.2 Å². The first-order valence-electron chi connectivity index (χ1n) is 9.73. The fourth-order valence-corrected chi connectivity index (χ4v) is 3.29. The monoisotopic (exact) mass is 393 g/mol. The highest BCUT2D eigenvalue weighted by Crippen LogP contribution is 2.29. The third-order valence-electron chi connectivity index (χ3n) is 4.92. The molecule has 2 atom stereocenters. The lowest BCUT2D eigenvalue weighted by atomic mass is 10.1. The summed E-state index contributed by atoms with van der Waals surface area (Å²) in [6, 6.07) is 19.2. The van der Waals surface area contributed by atoms with Crippen molar-refractivity contribution in [2.75, 3.05) is 14.2 Å². The van der Waals surface area contributed by atoms with Gasteiger partial charge in [-0.2, -0.15) is 0 Å². The second-order valence-corrected chi connectivity index (χ2v) is 6.86. The average molecular weight is 393 g/mol. The number of hydrogen-bond donors (Lipinski definition) is 1. The van der Waals surface area contributed by atoms with E-state index in [2.05, 4.69) is 5.32 Å². The van der Waals surface area contributed by atoms with Gasteiger partial charge in [0.05, 0.1) is 20.3 Å². The smallest absolute Gasteiger partial charge is 0.261 e. The molecule has 2 unspecified atom stereocenters. The lowest BCUT2D eigenvalue weighted by Gasteiger charge is -2.22. The molecule has 0 aliphatic heterocycles. The van der Waals surface area contributed by atoms with Crippen LogP contribution in [0.3, 0.4) is 0 Å². The predicted molar refractivity (Wildman–Crippen MR) is 115 cm³/mol. The molecule has 5 heteroatoms. The maximum atomic E-state index is 12.9. The Bertz CT molecular complexity index is 986. The highest BCUT2D eigenvalue weighted by atomic mass is 16.5. The summed E-state index contributed by atoms with van der Waals surface area (Å²) in [6.07, 6.45) is -0.0316. The second kappa shape index (κ2) is 9.32. The zero-order chi connectivity index (χ0) is 20.8. The summed E-state index contributed by atoms with van der Waals surface area (Å²) in [6.45, 7) is 3.85. The van der Waals surface area contributed by atoms with Gasteiger partial charge in [0.15, 0.2) is 6.10 Å². The van der Waals surface area contributed by atoms with Crippen LogP contribution in [0.15, 0.2) is 60.7 Å². The molecule has 3 aromatic carbocycles. The van der Waals surface area contributed by atoms with Crippen LogP contribution in [0.2, 0.25) is 0 Å². The Morgan fingerprint density at radius 1 is 0.931 bits per heavy atom. The van der Waals surface area contributed by atoms with Crippen molar-refractivity contribution in [1.82, 2.24) is 5.32 Å². The topological polar surface area (TPSA) is 56.8 Å². The van der Waals surface area contributed by atoms with Crippen LogP contribution in [0.1, 0.15) is 31.9 Å². The van der Waals surface area contributed by atoms with Crippen molar-refractivity contribution in [1.29, 1.82) is 0 Å². The molecule has 0 saturated heterocycles. The number of carbonyl (C=O) groups is 1. The molecule has 3 rings (SSSR count). The van der Waals surface area contributed by atoms with Crippen molar-refractivity contribution >= 4 is 16.7 Å². The van der Waals surface area contributed by atoms with Crippen molar-refractivity contribution in [3.63, 3.8) is 0 Å². The van der Waals surface area contributed by atoms with Gasteiger partial charge in [0.1, 0.15) is 17.2 Å². The Morgan fingerprint density at radius 3 is 2.34 bits per heavy atom.